The van der Waals surface area contributed by atoms with Crippen LogP contribution in [0.1, 0.15) is 0 Å². The van der Waals surface area contributed by atoms with E-state index in [0.717, 1.165) is 20.6 Å². The molecule has 0 aliphatic heterocycles. The van der Waals surface area contributed by atoms with E-state index in [0.29, 0.717) is 5.65 Å². The van der Waals surface area contributed by atoms with Gasteiger partial charge in [-0.2, -0.15) is 0 Å². The highest BCUT2D eigenvalue weighted by molar-refractivity contribution is 9.10. The Morgan fingerprint density at radius 3 is 2.58 bits per heavy atom. The maximum absolute atomic E-state index is 13.0. The van der Waals surface area contributed by atoms with Crippen molar-refractivity contribution in [3.05, 3.63) is 64.8 Å². The fourth-order valence-electron chi connectivity index (χ4n) is 2.47. The van der Waals surface area contributed by atoms with Crippen LogP contribution in [0, 0.1) is 0 Å². The standard InChI is InChI=1S/C16H10BrN3O2S2/c17-14-10-23-16(19-14)13-9-20(15-12(13)7-4-8-18-15)24(21,22)11-5-2-1-3-6-11/h1-10H. The SMILES string of the molecule is O=S(=O)(c1ccccc1)n1cc(-c2nc(Br)cs2)c2cccnc21. The Morgan fingerprint density at radius 1 is 1.08 bits per heavy atom. The number of fused-ring (bicyclic) bond motifs is 1. The molecule has 5 nitrogen and oxygen atoms in total. The first-order valence-corrected chi connectivity index (χ1v) is 10.1. The third kappa shape index (κ3) is 2.47. The Morgan fingerprint density at radius 2 is 1.88 bits per heavy atom. The van der Waals surface area contributed by atoms with Gasteiger partial charge >= 0.3 is 0 Å². The van der Waals surface area contributed by atoms with Crippen LogP contribution < -0.4 is 0 Å². The second-order valence-electron chi connectivity index (χ2n) is 5.01. The molecule has 0 aliphatic carbocycles. The van der Waals surface area contributed by atoms with Gasteiger partial charge in [0.25, 0.3) is 10.0 Å². The predicted molar refractivity (Wildman–Crippen MR) is 97.6 cm³/mol. The van der Waals surface area contributed by atoms with Crippen LogP contribution in [0.3, 0.4) is 0 Å². The number of nitrogens with zero attached hydrogens (tertiary/aromatic N) is 3. The predicted octanol–water partition coefficient (Wildman–Crippen LogP) is 4.16. The summed E-state index contributed by atoms with van der Waals surface area (Å²) >= 11 is 4.78. The lowest BCUT2D eigenvalue weighted by molar-refractivity contribution is 0.589. The van der Waals surface area contributed by atoms with E-state index in [1.807, 2.05) is 11.4 Å². The zero-order valence-corrected chi connectivity index (χ0v) is 15.3. The molecule has 0 unspecified atom stereocenters. The Labute approximate surface area is 150 Å². The van der Waals surface area contributed by atoms with Gasteiger partial charge in [-0.3, -0.25) is 0 Å². The number of hydrogen-bond acceptors (Lipinski definition) is 5. The lowest BCUT2D eigenvalue weighted by Crippen LogP contribution is -2.12. The molecule has 0 aliphatic rings. The molecule has 3 aromatic heterocycles. The summed E-state index contributed by atoms with van der Waals surface area (Å²) in [7, 11) is -3.73. The summed E-state index contributed by atoms with van der Waals surface area (Å²) in [4.78, 5) is 8.89. The second-order valence-corrected chi connectivity index (χ2v) is 8.49. The Kier molecular flexibility index (Phi) is 3.75. The Bertz CT molecular complexity index is 1130. The highest BCUT2D eigenvalue weighted by Crippen LogP contribution is 2.34. The molecule has 0 bridgehead atoms. The molecule has 8 heteroatoms. The number of benzene rings is 1. The van der Waals surface area contributed by atoms with Gasteiger partial charge in [0.05, 0.1) is 4.90 Å². The van der Waals surface area contributed by atoms with Crippen molar-refractivity contribution in [3.8, 4) is 10.6 Å². The van der Waals surface area contributed by atoms with Crippen LogP contribution in [-0.4, -0.2) is 22.4 Å². The normalized spacial score (nSPS) is 11.9. The lowest BCUT2D eigenvalue weighted by Gasteiger charge is -2.06. The summed E-state index contributed by atoms with van der Waals surface area (Å²) < 4.78 is 27.9. The van der Waals surface area contributed by atoms with Crippen LogP contribution >= 0.6 is 27.3 Å². The summed E-state index contributed by atoms with van der Waals surface area (Å²) in [5.41, 5.74) is 1.14. The van der Waals surface area contributed by atoms with Crippen LogP contribution in [-0.2, 0) is 10.0 Å². The van der Waals surface area contributed by atoms with Gasteiger partial charge in [-0.05, 0) is 40.2 Å². The molecule has 120 valence electrons. The van der Waals surface area contributed by atoms with Gasteiger partial charge in [0.2, 0.25) is 0 Å². The fourth-order valence-corrected chi connectivity index (χ4v) is 5.09. The van der Waals surface area contributed by atoms with Crippen LogP contribution in [0.2, 0.25) is 0 Å². The number of hydrogen-bond donors (Lipinski definition) is 0. The molecule has 0 saturated carbocycles. The molecule has 4 rings (SSSR count). The topological polar surface area (TPSA) is 64.8 Å². The van der Waals surface area contributed by atoms with Gasteiger partial charge in [0.15, 0.2) is 5.65 Å². The smallest absolute Gasteiger partial charge is 0.237 e. The Hall–Kier alpha value is -2.03. The van der Waals surface area contributed by atoms with E-state index in [2.05, 4.69) is 25.9 Å². The largest absolute Gasteiger partial charge is 0.269 e. The summed E-state index contributed by atoms with van der Waals surface area (Å²) in [6, 6.07) is 12.0. The molecule has 0 atom stereocenters. The summed E-state index contributed by atoms with van der Waals surface area (Å²) in [5.74, 6) is 0. The summed E-state index contributed by atoms with van der Waals surface area (Å²) in [6.07, 6.45) is 3.17. The molecule has 0 amide bonds. The second kappa shape index (κ2) is 5.80. The highest BCUT2D eigenvalue weighted by Gasteiger charge is 2.23. The van der Waals surface area contributed by atoms with Gasteiger partial charge in [0.1, 0.15) is 9.61 Å². The van der Waals surface area contributed by atoms with E-state index in [-0.39, 0.29) is 4.90 Å². The molecular weight excluding hydrogens is 410 g/mol. The fraction of sp³-hybridized carbons (Fsp3) is 0. The van der Waals surface area contributed by atoms with Crippen molar-refractivity contribution in [1.82, 2.24) is 13.9 Å². The molecule has 0 N–H and O–H groups in total. The minimum absolute atomic E-state index is 0.222. The highest BCUT2D eigenvalue weighted by atomic mass is 79.9. The molecule has 3 heterocycles. The van der Waals surface area contributed by atoms with Crippen LogP contribution in [0.5, 0.6) is 0 Å². The van der Waals surface area contributed by atoms with Gasteiger partial charge < -0.3 is 0 Å². The minimum Gasteiger partial charge on any atom is -0.237 e. The van der Waals surface area contributed by atoms with Gasteiger partial charge in [0, 0.05) is 28.7 Å². The van der Waals surface area contributed by atoms with Crippen molar-refractivity contribution in [2.24, 2.45) is 0 Å². The summed E-state index contributed by atoms with van der Waals surface area (Å²) in [5, 5.41) is 3.35. The van der Waals surface area contributed by atoms with E-state index in [4.69, 9.17) is 0 Å². The average Bonchev–Trinajstić information content (AvgIpc) is 3.19. The van der Waals surface area contributed by atoms with Gasteiger partial charge in [-0.25, -0.2) is 22.4 Å². The molecule has 24 heavy (non-hydrogen) atoms. The number of rotatable bonds is 3. The Balaban J connectivity index is 2.01. The van der Waals surface area contributed by atoms with E-state index in [1.165, 1.54) is 15.3 Å². The van der Waals surface area contributed by atoms with Crippen molar-refractivity contribution in [2.75, 3.05) is 0 Å². The molecule has 4 aromatic rings. The number of aromatic nitrogens is 3. The first kappa shape index (κ1) is 15.5. The zero-order chi connectivity index (χ0) is 16.7. The third-order valence-corrected chi connectivity index (χ3v) is 6.79. The number of halogens is 1. The zero-order valence-electron chi connectivity index (χ0n) is 12.1. The van der Waals surface area contributed by atoms with E-state index < -0.39 is 10.0 Å². The molecule has 1 aromatic carbocycles. The van der Waals surface area contributed by atoms with Crippen molar-refractivity contribution in [1.29, 1.82) is 0 Å². The molecule has 0 spiro atoms. The van der Waals surface area contributed by atoms with Crippen molar-refractivity contribution in [3.63, 3.8) is 0 Å². The number of pyridine rings is 1. The maximum atomic E-state index is 13.0. The first-order chi connectivity index (χ1) is 11.6. The van der Waals surface area contributed by atoms with Gasteiger partial charge in [-0.15, -0.1) is 11.3 Å². The van der Waals surface area contributed by atoms with Crippen molar-refractivity contribution < 1.29 is 8.42 Å². The maximum Gasteiger partial charge on any atom is 0.269 e. The molecule has 0 saturated heterocycles. The first-order valence-electron chi connectivity index (χ1n) is 6.95. The minimum atomic E-state index is -3.73. The number of thiazole rings is 1. The third-order valence-electron chi connectivity index (χ3n) is 3.54. The van der Waals surface area contributed by atoms with Gasteiger partial charge in [-0.1, -0.05) is 18.2 Å². The molecule has 0 fully saturated rings. The van der Waals surface area contributed by atoms with E-state index >= 15 is 0 Å². The van der Waals surface area contributed by atoms with Crippen molar-refractivity contribution in [2.45, 2.75) is 4.90 Å². The van der Waals surface area contributed by atoms with E-state index in [9.17, 15) is 8.42 Å². The monoisotopic (exact) mass is 419 g/mol. The van der Waals surface area contributed by atoms with Crippen LogP contribution in [0.4, 0.5) is 0 Å². The van der Waals surface area contributed by atoms with Crippen molar-refractivity contribution >= 4 is 48.3 Å². The van der Waals surface area contributed by atoms with Crippen LogP contribution in [0.25, 0.3) is 21.6 Å². The lowest BCUT2D eigenvalue weighted by atomic mass is 10.2. The van der Waals surface area contributed by atoms with E-state index in [1.54, 1.807) is 48.8 Å². The summed E-state index contributed by atoms with van der Waals surface area (Å²) in [6.45, 7) is 0. The van der Waals surface area contributed by atoms with Crippen LogP contribution in [0.15, 0.2) is 69.7 Å². The quantitative estimate of drug-likeness (QED) is 0.499. The molecule has 0 radical (unpaired) electrons. The molecular formula is C16H10BrN3O2S2. The average molecular weight is 420 g/mol.